The van der Waals surface area contributed by atoms with Crippen molar-refractivity contribution in [3.63, 3.8) is 0 Å². The highest BCUT2D eigenvalue weighted by molar-refractivity contribution is 6.52. The molecule has 0 saturated carbocycles. The molecule has 1 aromatic heterocycles. The van der Waals surface area contributed by atoms with Gasteiger partial charge in [-0.1, -0.05) is 55.3 Å². The molecule has 0 spiro atoms. The van der Waals surface area contributed by atoms with Gasteiger partial charge in [0.2, 0.25) is 0 Å². The number of carbonyl (C=O) groups is 3. The van der Waals surface area contributed by atoms with Gasteiger partial charge in [0.25, 0.3) is 11.7 Å². The second-order valence-electron chi connectivity index (χ2n) is 9.12. The number of furan rings is 1. The summed E-state index contributed by atoms with van der Waals surface area (Å²) in [4.78, 5) is 38.8. The molecule has 0 atom stereocenters. The number of amides is 1. The monoisotopic (exact) mass is 511 g/mol. The van der Waals surface area contributed by atoms with Crippen molar-refractivity contribution < 1.29 is 28.3 Å². The van der Waals surface area contributed by atoms with Gasteiger partial charge in [0.05, 0.1) is 24.5 Å². The summed E-state index contributed by atoms with van der Waals surface area (Å²) in [5.41, 5.74) is 2.99. The summed E-state index contributed by atoms with van der Waals surface area (Å²) in [6, 6.07) is 22.1. The molecule has 0 unspecified atom stereocenters. The molecule has 0 bridgehead atoms. The Hall–Kier alpha value is -4.39. The highest BCUT2D eigenvalue weighted by atomic mass is 16.5. The first-order valence-corrected chi connectivity index (χ1v) is 13.0. The number of fused-ring (bicyclic) bond motifs is 2. The van der Waals surface area contributed by atoms with E-state index in [-0.39, 0.29) is 6.61 Å². The lowest BCUT2D eigenvalue weighted by Crippen LogP contribution is -2.30. The largest absolute Gasteiger partial charge is 0.494 e. The summed E-state index contributed by atoms with van der Waals surface area (Å²) in [7, 11) is 0. The van der Waals surface area contributed by atoms with Gasteiger partial charge in [-0.15, -0.1) is 0 Å². The van der Waals surface area contributed by atoms with Gasteiger partial charge in [-0.25, -0.2) is 4.79 Å². The highest BCUT2D eigenvalue weighted by Crippen LogP contribution is 2.36. The molecule has 4 aromatic rings. The first-order chi connectivity index (χ1) is 18.6. The van der Waals surface area contributed by atoms with E-state index >= 15 is 0 Å². The van der Waals surface area contributed by atoms with Crippen molar-refractivity contribution in [3.8, 4) is 17.1 Å². The van der Waals surface area contributed by atoms with Crippen LogP contribution < -0.4 is 9.64 Å². The van der Waals surface area contributed by atoms with Crippen molar-refractivity contribution in [1.82, 2.24) is 0 Å². The van der Waals surface area contributed by atoms with E-state index in [4.69, 9.17) is 13.9 Å². The predicted octanol–water partition coefficient (Wildman–Crippen LogP) is 6.45. The van der Waals surface area contributed by atoms with Crippen molar-refractivity contribution in [1.29, 1.82) is 0 Å². The maximum atomic E-state index is 12.8. The molecule has 7 nitrogen and oxygen atoms in total. The number of unbranched alkanes of at least 4 members (excludes halogenated alkanes) is 3. The number of ether oxygens (including phenoxy) is 2. The van der Waals surface area contributed by atoms with Gasteiger partial charge in [-0.2, -0.15) is 0 Å². The smallest absolute Gasteiger partial charge is 0.342 e. The molecule has 1 aliphatic heterocycles. The molecular weight excluding hydrogens is 482 g/mol. The Bertz CT molecular complexity index is 1470. The SMILES string of the molecule is CCOC(=O)c1c(-c2ccccc2)oc2ccc(OCCCCCCN3C(=O)C(=O)c4ccccc43)cc12. The van der Waals surface area contributed by atoms with Crippen molar-refractivity contribution >= 4 is 34.3 Å². The van der Waals surface area contributed by atoms with E-state index in [0.717, 1.165) is 31.2 Å². The van der Waals surface area contributed by atoms with Crippen molar-refractivity contribution in [2.45, 2.75) is 32.6 Å². The van der Waals surface area contributed by atoms with Crippen LogP contribution in [0.15, 0.2) is 77.2 Å². The lowest BCUT2D eigenvalue weighted by Gasteiger charge is -2.16. The normalized spacial score (nSPS) is 12.7. The number of anilines is 1. The molecule has 194 valence electrons. The Kier molecular flexibility index (Phi) is 7.54. The van der Waals surface area contributed by atoms with E-state index in [9.17, 15) is 14.4 Å². The second kappa shape index (κ2) is 11.3. The number of benzene rings is 3. The number of para-hydroxylation sites is 1. The van der Waals surface area contributed by atoms with E-state index in [2.05, 4.69) is 0 Å². The lowest BCUT2D eigenvalue weighted by atomic mass is 10.1. The Morgan fingerprint density at radius 3 is 2.47 bits per heavy atom. The molecule has 3 aromatic carbocycles. The standard InChI is InChI=1S/C31H29NO6/c1-2-36-31(35)27-24-20-22(16-17-26(24)38-29(27)21-12-6-5-7-13-21)37-19-11-4-3-10-18-32-25-15-9-8-14-23(25)28(33)30(32)34/h5-9,12-17,20H,2-4,10-11,18-19H2,1H3. The molecule has 0 aliphatic carbocycles. The van der Waals surface area contributed by atoms with Crippen LogP contribution in [-0.4, -0.2) is 37.4 Å². The Labute approximate surface area is 221 Å². The fourth-order valence-corrected chi connectivity index (χ4v) is 4.75. The van der Waals surface area contributed by atoms with Crippen LogP contribution in [0.3, 0.4) is 0 Å². The van der Waals surface area contributed by atoms with Crippen LogP contribution in [0, 0.1) is 0 Å². The fraction of sp³-hybridized carbons (Fsp3) is 0.258. The zero-order chi connectivity index (χ0) is 26.5. The molecular formula is C31H29NO6. The van der Waals surface area contributed by atoms with Crippen molar-refractivity contribution in [2.75, 3.05) is 24.7 Å². The number of ketones is 1. The third kappa shape index (κ3) is 5.05. The van der Waals surface area contributed by atoms with Crippen LogP contribution in [0.25, 0.3) is 22.3 Å². The number of hydrogen-bond donors (Lipinski definition) is 0. The van der Waals surface area contributed by atoms with Crippen LogP contribution in [0.5, 0.6) is 5.75 Å². The van der Waals surface area contributed by atoms with Crippen LogP contribution in [0.2, 0.25) is 0 Å². The number of rotatable bonds is 11. The van der Waals surface area contributed by atoms with Gasteiger partial charge in [0, 0.05) is 17.5 Å². The van der Waals surface area contributed by atoms with Gasteiger partial charge in [0.15, 0.2) is 0 Å². The van der Waals surface area contributed by atoms with Gasteiger partial charge in [0.1, 0.15) is 22.7 Å². The number of carbonyl (C=O) groups excluding carboxylic acids is 3. The molecule has 0 N–H and O–H groups in total. The van der Waals surface area contributed by atoms with Crippen molar-refractivity contribution in [2.24, 2.45) is 0 Å². The molecule has 1 aliphatic rings. The minimum Gasteiger partial charge on any atom is -0.494 e. The zero-order valence-electron chi connectivity index (χ0n) is 21.3. The van der Waals surface area contributed by atoms with E-state index < -0.39 is 17.7 Å². The zero-order valence-corrected chi connectivity index (χ0v) is 21.3. The Balaban J connectivity index is 1.17. The summed E-state index contributed by atoms with van der Waals surface area (Å²) in [5, 5.41) is 0.657. The first kappa shape index (κ1) is 25.3. The average Bonchev–Trinajstić information content (AvgIpc) is 3.44. The lowest BCUT2D eigenvalue weighted by molar-refractivity contribution is -0.114. The van der Waals surface area contributed by atoms with Gasteiger partial charge in [-0.05, 0) is 50.1 Å². The third-order valence-electron chi connectivity index (χ3n) is 6.60. The maximum absolute atomic E-state index is 12.8. The van der Waals surface area contributed by atoms with E-state index in [0.29, 0.717) is 52.4 Å². The van der Waals surface area contributed by atoms with Gasteiger partial charge < -0.3 is 18.8 Å². The number of Topliss-reactive ketones (excluding diaryl/α,β-unsaturated/α-hetero) is 1. The van der Waals surface area contributed by atoms with Crippen LogP contribution in [-0.2, 0) is 9.53 Å². The van der Waals surface area contributed by atoms with E-state index in [1.54, 1.807) is 24.0 Å². The molecule has 5 rings (SSSR count). The molecule has 0 saturated heterocycles. The second-order valence-corrected chi connectivity index (χ2v) is 9.12. The van der Waals surface area contributed by atoms with E-state index in [1.165, 1.54) is 0 Å². The quantitative estimate of drug-likeness (QED) is 0.131. The topological polar surface area (TPSA) is 86.1 Å². The first-order valence-electron chi connectivity index (χ1n) is 13.0. The van der Waals surface area contributed by atoms with Crippen LogP contribution in [0.1, 0.15) is 53.3 Å². The van der Waals surface area contributed by atoms with E-state index in [1.807, 2.05) is 60.7 Å². The number of nitrogens with zero attached hydrogens (tertiary/aromatic N) is 1. The maximum Gasteiger partial charge on any atom is 0.342 e. The molecule has 1 amide bonds. The average molecular weight is 512 g/mol. The molecule has 0 radical (unpaired) electrons. The number of esters is 1. The summed E-state index contributed by atoms with van der Waals surface area (Å²) in [5.74, 6) is -0.159. The fourth-order valence-electron chi connectivity index (χ4n) is 4.75. The Morgan fingerprint density at radius 2 is 1.66 bits per heavy atom. The predicted molar refractivity (Wildman–Crippen MR) is 145 cm³/mol. The summed E-state index contributed by atoms with van der Waals surface area (Å²) in [6.07, 6.45) is 3.49. The third-order valence-corrected chi connectivity index (χ3v) is 6.60. The summed E-state index contributed by atoms with van der Waals surface area (Å²) in [6.45, 7) is 3.09. The molecule has 7 heteroatoms. The Morgan fingerprint density at radius 1 is 0.895 bits per heavy atom. The summed E-state index contributed by atoms with van der Waals surface area (Å²) >= 11 is 0. The van der Waals surface area contributed by atoms with Crippen LogP contribution >= 0.6 is 0 Å². The number of hydrogen-bond acceptors (Lipinski definition) is 6. The van der Waals surface area contributed by atoms with Gasteiger partial charge in [-0.3, -0.25) is 9.59 Å². The minimum absolute atomic E-state index is 0.269. The molecule has 2 heterocycles. The van der Waals surface area contributed by atoms with Crippen molar-refractivity contribution in [3.05, 3.63) is 83.9 Å². The van der Waals surface area contributed by atoms with Gasteiger partial charge >= 0.3 is 5.97 Å². The molecule has 0 fully saturated rings. The molecule has 38 heavy (non-hydrogen) atoms. The highest BCUT2D eigenvalue weighted by Gasteiger charge is 2.34. The summed E-state index contributed by atoms with van der Waals surface area (Å²) < 4.78 is 17.3. The minimum atomic E-state index is -0.443. The van der Waals surface area contributed by atoms with Crippen LogP contribution in [0.4, 0.5) is 5.69 Å².